The molecular weight excluding hydrogens is 433 g/mol. The van der Waals surface area contributed by atoms with Crippen LogP contribution < -0.4 is 10.6 Å². The number of hydrogen-bond acceptors (Lipinski definition) is 3. The van der Waals surface area contributed by atoms with Crippen molar-refractivity contribution in [1.82, 2.24) is 4.98 Å². The summed E-state index contributed by atoms with van der Waals surface area (Å²) >= 11 is 5.53. The number of hydrogen-bond donors (Lipinski definition) is 2. The van der Waals surface area contributed by atoms with Crippen molar-refractivity contribution >= 4 is 55.9 Å². The minimum atomic E-state index is -0.182. The average molecular weight is 446 g/mol. The van der Waals surface area contributed by atoms with Gasteiger partial charge in [-0.25, -0.2) is 4.98 Å². The largest absolute Gasteiger partial charge is 0.370 e. The zero-order valence-corrected chi connectivity index (χ0v) is 14.5. The van der Waals surface area contributed by atoms with Gasteiger partial charge in [0.05, 0.1) is 11.3 Å². The standard InChI is InChI=1S/C14H13BrIN3O/c1-2-17-13-10(7-9(15)8-18-13)14(20)19-12-6-4-3-5-11(12)16/h3-8H,2H2,1H3,(H,17,18)(H,19,20). The topological polar surface area (TPSA) is 54.0 Å². The second kappa shape index (κ2) is 7.03. The van der Waals surface area contributed by atoms with Crippen molar-refractivity contribution in [3.05, 3.63) is 50.1 Å². The molecule has 20 heavy (non-hydrogen) atoms. The van der Waals surface area contributed by atoms with Crippen LogP contribution in [-0.2, 0) is 0 Å². The van der Waals surface area contributed by atoms with E-state index in [9.17, 15) is 4.79 Å². The van der Waals surface area contributed by atoms with E-state index in [-0.39, 0.29) is 5.91 Å². The molecule has 4 nitrogen and oxygen atoms in total. The van der Waals surface area contributed by atoms with Crippen LogP contribution >= 0.6 is 38.5 Å². The van der Waals surface area contributed by atoms with E-state index < -0.39 is 0 Å². The van der Waals surface area contributed by atoms with E-state index >= 15 is 0 Å². The summed E-state index contributed by atoms with van der Waals surface area (Å²) in [5.41, 5.74) is 1.31. The van der Waals surface area contributed by atoms with Crippen molar-refractivity contribution in [1.29, 1.82) is 0 Å². The number of para-hydroxylation sites is 1. The van der Waals surface area contributed by atoms with Crippen LogP contribution in [0.4, 0.5) is 11.5 Å². The summed E-state index contributed by atoms with van der Waals surface area (Å²) in [6, 6.07) is 9.40. The molecule has 0 aliphatic heterocycles. The van der Waals surface area contributed by atoms with E-state index in [1.807, 2.05) is 31.2 Å². The Morgan fingerprint density at radius 3 is 2.85 bits per heavy atom. The summed E-state index contributed by atoms with van der Waals surface area (Å²) < 4.78 is 1.76. The SMILES string of the molecule is CCNc1ncc(Br)cc1C(=O)Nc1ccccc1I. The number of rotatable bonds is 4. The smallest absolute Gasteiger partial charge is 0.259 e. The predicted molar refractivity (Wildman–Crippen MR) is 93.2 cm³/mol. The van der Waals surface area contributed by atoms with Crippen LogP contribution in [0.25, 0.3) is 0 Å². The van der Waals surface area contributed by atoms with Gasteiger partial charge in [0, 0.05) is 20.8 Å². The Labute approximate surface area is 139 Å². The summed E-state index contributed by atoms with van der Waals surface area (Å²) in [5, 5.41) is 6.00. The summed E-state index contributed by atoms with van der Waals surface area (Å²) in [5.74, 6) is 0.401. The number of anilines is 2. The first kappa shape index (κ1) is 15.2. The molecule has 0 aliphatic carbocycles. The molecule has 0 atom stereocenters. The maximum absolute atomic E-state index is 12.4. The van der Waals surface area contributed by atoms with Crippen molar-refractivity contribution in [3.63, 3.8) is 0 Å². The van der Waals surface area contributed by atoms with Gasteiger partial charge in [-0.05, 0) is 63.6 Å². The molecule has 0 saturated carbocycles. The molecule has 0 aliphatic rings. The lowest BCUT2D eigenvalue weighted by Crippen LogP contribution is -2.16. The van der Waals surface area contributed by atoms with Gasteiger partial charge in [-0.15, -0.1) is 0 Å². The molecule has 104 valence electrons. The van der Waals surface area contributed by atoms with Gasteiger partial charge in [-0.1, -0.05) is 12.1 Å². The highest BCUT2D eigenvalue weighted by Gasteiger charge is 2.14. The molecule has 0 unspecified atom stereocenters. The zero-order valence-electron chi connectivity index (χ0n) is 10.8. The van der Waals surface area contributed by atoms with Crippen LogP contribution in [0.1, 0.15) is 17.3 Å². The molecule has 0 bridgehead atoms. The molecule has 6 heteroatoms. The van der Waals surface area contributed by atoms with E-state index in [0.29, 0.717) is 17.9 Å². The molecule has 1 amide bonds. The van der Waals surface area contributed by atoms with Crippen LogP contribution in [0.15, 0.2) is 41.0 Å². The number of carbonyl (C=O) groups excluding carboxylic acids is 1. The molecule has 0 radical (unpaired) electrons. The molecule has 2 N–H and O–H groups in total. The van der Waals surface area contributed by atoms with Gasteiger partial charge < -0.3 is 10.6 Å². The number of nitrogens with zero attached hydrogens (tertiary/aromatic N) is 1. The van der Waals surface area contributed by atoms with E-state index in [1.165, 1.54) is 0 Å². The second-order valence-corrected chi connectivity index (χ2v) is 6.09. The van der Waals surface area contributed by atoms with E-state index in [1.54, 1.807) is 12.3 Å². The van der Waals surface area contributed by atoms with Crippen LogP contribution in [0.5, 0.6) is 0 Å². The predicted octanol–water partition coefficient (Wildman–Crippen LogP) is 4.13. The third-order valence-corrected chi connectivity index (χ3v) is 3.94. The molecule has 0 saturated heterocycles. The van der Waals surface area contributed by atoms with Crippen LogP contribution in [0, 0.1) is 3.57 Å². The lowest BCUT2D eigenvalue weighted by atomic mass is 10.2. The number of carbonyl (C=O) groups is 1. The Morgan fingerprint density at radius 2 is 2.15 bits per heavy atom. The van der Waals surface area contributed by atoms with E-state index in [2.05, 4.69) is 54.1 Å². The Balaban J connectivity index is 2.29. The lowest BCUT2D eigenvalue weighted by Gasteiger charge is -2.11. The third kappa shape index (κ3) is 3.69. The third-order valence-electron chi connectivity index (χ3n) is 2.57. The number of amides is 1. The quantitative estimate of drug-likeness (QED) is 0.695. The Kier molecular flexibility index (Phi) is 5.36. The van der Waals surface area contributed by atoms with Crippen molar-refractivity contribution in [2.24, 2.45) is 0 Å². The van der Waals surface area contributed by atoms with Crippen LogP contribution in [0.2, 0.25) is 0 Å². The molecule has 2 rings (SSSR count). The van der Waals surface area contributed by atoms with E-state index in [0.717, 1.165) is 13.7 Å². The monoisotopic (exact) mass is 445 g/mol. The fourth-order valence-electron chi connectivity index (χ4n) is 1.67. The first-order valence-electron chi connectivity index (χ1n) is 6.07. The Morgan fingerprint density at radius 1 is 1.40 bits per heavy atom. The van der Waals surface area contributed by atoms with Crippen molar-refractivity contribution in [3.8, 4) is 0 Å². The van der Waals surface area contributed by atoms with Crippen LogP contribution in [-0.4, -0.2) is 17.4 Å². The van der Waals surface area contributed by atoms with Gasteiger partial charge in [0.15, 0.2) is 0 Å². The van der Waals surface area contributed by atoms with Crippen molar-refractivity contribution in [2.75, 3.05) is 17.2 Å². The highest BCUT2D eigenvalue weighted by Crippen LogP contribution is 2.22. The molecule has 0 spiro atoms. The van der Waals surface area contributed by atoms with Crippen LogP contribution in [0.3, 0.4) is 0 Å². The van der Waals surface area contributed by atoms with Crippen molar-refractivity contribution < 1.29 is 4.79 Å². The zero-order chi connectivity index (χ0) is 14.5. The highest BCUT2D eigenvalue weighted by atomic mass is 127. The molecule has 1 aromatic carbocycles. The van der Waals surface area contributed by atoms with Crippen molar-refractivity contribution in [2.45, 2.75) is 6.92 Å². The van der Waals surface area contributed by atoms with Gasteiger partial charge >= 0.3 is 0 Å². The van der Waals surface area contributed by atoms with E-state index in [4.69, 9.17) is 0 Å². The van der Waals surface area contributed by atoms with Gasteiger partial charge in [0.1, 0.15) is 5.82 Å². The number of nitrogens with one attached hydrogen (secondary N) is 2. The first-order chi connectivity index (χ1) is 9.61. The van der Waals surface area contributed by atoms with Gasteiger partial charge in [0.25, 0.3) is 5.91 Å². The molecule has 0 fully saturated rings. The molecule has 1 heterocycles. The highest BCUT2D eigenvalue weighted by molar-refractivity contribution is 14.1. The summed E-state index contributed by atoms with van der Waals surface area (Å²) in [6.45, 7) is 2.67. The molecule has 2 aromatic rings. The molecular formula is C14H13BrIN3O. The number of halogens is 2. The number of benzene rings is 1. The number of pyridine rings is 1. The minimum Gasteiger partial charge on any atom is -0.370 e. The van der Waals surface area contributed by atoms with Gasteiger partial charge in [-0.2, -0.15) is 0 Å². The average Bonchev–Trinajstić information content (AvgIpc) is 2.43. The lowest BCUT2D eigenvalue weighted by molar-refractivity contribution is 0.102. The first-order valence-corrected chi connectivity index (χ1v) is 7.94. The minimum absolute atomic E-state index is 0.182. The van der Waals surface area contributed by atoms with Gasteiger partial charge in [-0.3, -0.25) is 4.79 Å². The van der Waals surface area contributed by atoms with Gasteiger partial charge in [0.2, 0.25) is 0 Å². The summed E-state index contributed by atoms with van der Waals surface area (Å²) in [6.07, 6.45) is 1.67. The summed E-state index contributed by atoms with van der Waals surface area (Å²) in [7, 11) is 0. The fraction of sp³-hybridized carbons (Fsp3) is 0.143. The summed E-state index contributed by atoms with van der Waals surface area (Å²) in [4.78, 5) is 16.6. The molecule has 1 aromatic heterocycles. The second-order valence-electron chi connectivity index (χ2n) is 4.01. The Hall–Kier alpha value is -1.15. The fourth-order valence-corrected chi connectivity index (χ4v) is 2.53. The normalized spacial score (nSPS) is 10.2. The number of aromatic nitrogens is 1. The maximum Gasteiger partial charge on any atom is 0.259 e. The maximum atomic E-state index is 12.4. The Bertz CT molecular complexity index is 634.